The minimum absolute atomic E-state index is 0.0302. The van der Waals surface area contributed by atoms with Crippen LogP contribution in [0.15, 0.2) is 66.7 Å². The number of hydrogen-bond donors (Lipinski definition) is 2. The van der Waals surface area contributed by atoms with Crippen molar-refractivity contribution in [3.05, 3.63) is 94.5 Å². The lowest BCUT2D eigenvalue weighted by Crippen LogP contribution is -2.25. The van der Waals surface area contributed by atoms with Crippen LogP contribution in [-0.4, -0.2) is 18.9 Å². The topological polar surface area (TPSA) is 67.4 Å². The van der Waals surface area contributed by atoms with Crippen LogP contribution in [-0.2, 0) is 18.9 Å². The number of amides is 2. The van der Waals surface area contributed by atoms with Gasteiger partial charge >= 0.3 is 12.4 Å². The number of hydrogen-bond acceptors (Lipinski definition) is 3. The van der Waals surface area contributed by atoms with Crippen molar-refractivity contribution in [2.75, 3.05) is 12.4 Å². The van der Waals surface area contributed by atoms with Gasteiger partial charge in [0.25, 0.3) is 11.8 Å². The molecule has 0 atom stereocenters. The first-order chi connectivity index (χ1) is 16.4. The quantitative estimate of drug-likeness (QED) is 0.417. The molecule has 35 heavy (non-hydrogen) atoms. The van der Waals surface area contributed by atoms with E-state index in [0.717, 1.165) is 5.56 Å². The molecule has 3 rings (SSSR count). The summed E-state index contributed by atoms with van der Waals surface area (Å²) in [4.78, 5) is 25.3. The summed E-state index contributed by atoms with van der Waals surface area (Å²) in [5, 5.41) is 4.86. The molecule has 0 bridgehead atoms. The first-order valence-corrected chi connectivity index (χ1v) is 9.99. The van der Waals surface area contributed by atoms with Crippen molar-refractivity contribution in [1.29, 1.82) is 0 Å². The summed E-state index contributed by atoms with van der Waals surface area (Å²) in [5.74, 6) is -1.23. The Kier molecular flexibility index (Phi) is 7.37. The highest BCUT2D eigenvalue weighted by molar-refractivity contribution is 6.09. The van der Waals surface area contributed by atoms with Crippen LogP contribution in [0.4, 0.5) is 32.0 Å². The lowest BCUT2D eigenvalue weighted by atomic mass is 10.0. The summed E-state index contributed by atoms with van der Waals surface area (Å²) in [7, 11) is 1.51. The van der Waals surface area contributed by atoms with Gasteiger partial charge in [-0.25, -0.2) is 0 Å². The number of ether oxygens (including phenoxy) is 1. The molecule has 0 spiro atoms. The van der Waals surface area contributed by atoms with E-state index in [0.29, 0.717) is 17.9 Å². The molecule has 0 aliphatic carbocycles. The Labute approximate surface area is 195 Å². The lowest BCUT2D eigenvalue weighted by molar-refractivity contribution is -0.143. The summed E-state index contributed by atoms with van der Waals surface area (Å²) in [6.45, 7) is 0.119. The highest BCUT2D eigenvalue weighted by Crippen LogP contribution is 2.36. The minimum atomic E-state index is -5.10. The van der Waals surface area contributed by atoms with Gasteiger partial charge in [-0.2, -0.15) is 26.3 Å². The molecule has 5 nitrogen and oxygen atoms in total. The van der Waals surface area contributed by atoms with E-state index in [2.05, 4.69) is 10.6 Å². The Morgan fingerprint density at radius 1 is 0.800 bits per heavy atom. The number of carbonyl (C=O) groups is 2. The zero-order chi connectivity index (χ0) is 25.8. The van der Waals surface area contributed by atoms with Gasteiger partial charge < -0.3 is 15.4 Å². The Bertz CT molecular complexity index is 1190. The van der Waals surface area contributed by atoms with Crippen molar-refractivity contribution in [3.63, 3.8) is 0 Å². The van der Waals surface area contributed by atoms with Gasteiger partial charge in [-0.15, -0.1) is 0 Å². The second kappa shape index (κ2) is 10.1. The van der Waals surface area contributed by atoms with Gasteiger partial charge in [-0.1, -0.05) is 24.3 Å². The summed E-state index contributed by atoms with van der Waals surface area (Å²) in [6, 6.07) is 13.0. The van der Waals surface area contributed by atoms with Crippen LogP contribution in [0.2, 0.25) is 0 Å². The first-order valence-electron chi connectivity index (χ1n) is 9.99. The van der Waals surface area contributed by atoms with Crippen LogP contribution < -0.4 is 15.4 Å². The van der Waals surface area contributed by atoms with Crippen LogP contribution in [0.5, 0.6) is 5.75 Å². The second-order valence-electron chi connectivity index (χ2n) is 7.33. The van der Waals surface area contributed by atoms with Crippen molar-refractivity contribution in [2.24, 2.45) is 0 Å². The van der Waals surface area contributed by atoms with Gasteiger partial charge in [0.1, 0.15) is 5.75 Å². The van der Waals surface area contributed by atoms with Crippen molar-refractivity contribution < 1.29 is 40.7 Å². The fourth-order valence-electron chi connectivity index (χ4n) is 3.09. The number of rotatable bonds is 6. The third-order valence-corrected chi connectivity index (χ3v) is 4.88. The van der Waals surface area contributed by atoms with E-state index in [1.165, 1.54) is 31.4 Å². The van der Waals surface area contributed by atoms with Gasteiger partial charge in [-0.05, 0) is 48.0 Å². The van der Waals surface area contributed by atoms with Gasteiger partial charge in [0.15, 0.2) is 0 Å². The summed E-state index contributed by atoms with van der Waals surface area (Å²) < 4.78 is 83.7. The van der Waals surface area contributed by atoms with E-state index in [-0.39, 0.29) is 23.9 Å². The lowest BCUT2D eigenvalue weighted by Gasteiger charge is -2.15. The number of benzene rings is 3. The first kappa shape index (κ1) is 25.6. The molecular formula is C24H18F6N2O3. The van der Waals surface area contributed by atoms with Crippen molar-refractivity contribution in [2.45, 2.75) is 18.9 Å². The predicted octanol–water partition coefficient (Wildman–Crippen LogP) is 5.92. The van der Waals surface area contributed by atoms with E-state index in [9.17, 15) is 35.9 Å². The highest BCUT2D eigenvalue weighted by Gasteiger charge is 2.37. The van der Waals surface area contributed by atoms with E-state index >= 15 is 0 Å². The molecule has 0 heterocycles. The number of alkyl halides is 6. The zero-order valence-electron chi connectivity index (χ0n) is 18.1. The second-order valence-corrected chi connectivity index (χ2v) is 7.33. The van der Waals surface area contributed by atoms with Gasteiger partial charge in [-0.3, -0.25) is 9.59 Å². The Morgan fingerprint density at radius 3 is 1.91 bits per heavy atom. The van der Waals surface area contributed by atoms with Crippen molar-refractivity contribution >= 4 is 17.5 Å². The molecule has 3 aromatic carbocycles. The number of para-hydroxylation sites is 1. The molecule has 0 saturated heterocycles. The average molecular weight is 496 g/mol. The largest absolute Gasteiger partial charge is 0.497 e. The third-order valence-electron chi connectivity index (χ3n) is 4.88. The maximum Gasteiger partial charge on any atom is 0.416 e. The molecule has 11 heteroatoms. The van der Waals surface area contributed by atoms with E-state index in [4.69, 9.17) is 4.74 Å². The van der Waals surface area contributed by atoms with Crippen molar-refractivity contribution in [1.82, 2.24) is 5.32 Å². The Balaban J connectivity index is 1.82. The Morgan fingerprint density at radius 2 is 1.37 bits per heavy atom. The van der Waals surface area contributed by atoms with Crippen LogP contribution in [0.1, 0.15) is 37.4 Å². The smallest absolute Gasteiger partial charge is 0.416 e. The zero-order valence-corrected chi connectivity index (χ0v) is 18.1. The predicted molar refractivity (Wildman–Crippen MR) is 115 cm³/mol. The molecular weight excluding hydrogens is 478 g/mol. The molecule has 0 radical (unpaired) electrons. The molecule has 3 aromatic rings. The minimum Gasteiger partial charge on any atom is -0.497 e. The molecule has 0 fully saturated rings. The third kappa shape index (κ3) is 6.52. The summed E-state index contributed by atoms with van der Waals surface area (Å²) in [5.41, 5.74) is -3.48. The molecule has 184 valence electrons. The summed E-state index contributed by atoms with van der Waals surface area (Å²) >= 11 is 0. The fraction of sp³-hybridized carbons (Fsp3) is 0.167. The molecule has 0 aliphatic heterocycles. The normalized spacial score (nSPS) is 11.6. The Hall–Kier alpha value is -4.02. The van der Waals surface area contributed by atoms with Gasteiger partial charge in [0, 0.05) is 12.1 Å². The maximum absolute atomic E-state index is 13.1. The van der Waals surface area contributed by atoms with Crippen LogP contribution >= 0.6 is 0 Å². The number of halogens is 6. The molecule has 2 N–H and O–H groups in total. The fourth-order valence-corrected chi connectivity index (χ4v) is 3.09. The van der Waals surface area contributed by atoms with E-state index < -0.39 is 40.9 Å². The number of carbonyl (C=O) groups excluding carboxylic acids is 2. The highest BCUT2D eigenvalue weighted by atomic mass is 19.4. The van der Waals surface area contributed by atoms with E-state index in [1.807, 2.05) is 0 Å². The molecule has 0 unspecified atom stereocenters. The average Bonchev–Trinajstić information content (AvgIpc) is 2.81. The number of methoxy groups -OCH3 is 1. The number of anilines is 1. The van der Waals surface area contributed by atoms with Crippen molar-refractivity contribution in [3.8, 4) is 5.75 Å². The molecule has 0 saturated carbocycles. The van der Waals surface area contributed by atoms with Crippen LogP contribution in [0.25, 0.3) is 0 Å². The van der Waals surface area contributed by atoms with Crippen LogP contribution in [0, 0.1) is 0 Å². The van der Waals surface area contributed by atoms with Gasteiger partial charge in [0.05, 0.1) is 29.5 Å². The molecule has 0 aliphatic rings. The van der Waals surface area contributed by atoms with E-state index in [1.54, 1.807) is 24.3 Å². The number of nitrogens with one attached hydrogen (secondary N) is 2. The SMILES string of the molecule is COc1ccc(CNC(=O)c2ccccc2NC(=O)c2cc(C(F)(F)F)cc(C(F)(F)F)c2)cc1. The maximum atomic E-state index is 13.1. The molecule has 0 aromatic heterocycles. The standard InChI is InChI=1S/C24H18F6N2O3/c1-35-18-8-6-14(7-9-18)13-31-22(34)19-4-2-3-5-20(19)32-21(33)15-10-16(23(25,26)27)12-17(11-15)24(28,29)30/h2-12H,13H2,1H3,(H,31,34)(H,32,33). The summed E-state index contributed by atoms with van der Waals surface area (Å²) in [6.07, 6.45) is -10.2. The van der Waals surface area contributed by atoms with Crippen LogP contribution in [0.3, 0.4) is 0 Å². The van der Waals surface area contributed by atoms with Gasteiger partial charge in [0.2, 0.25) is 0 Å². The monoisotopic (exact) mass is 496 g/mol. The molecule has 2 amide bonds.